The molecule has 0 aliphatic carbocycles. The molecule has 2 heterocycles. The lowest BCUT2D eigenvalue weighted by Gasteiger charge is -2.44. The van der Waals surface area contributed by atoms with Gasteiger partial charge in [-0.2, -0.15) is 0 Å². The smallest absolute Gasteiger partial charge is 0.237 e. The van der Waals surface area contributed by atoms with Crippen LogP contribution in [0, 0.1) is 0 Å². The molecule has 84 valence electrons. The van der Waals surface area contributed by atoms with Gasteiger partial charge in [-0.1, -0.05) is 24.3 Å². The number of fused-ring (bicyclic) bond motifs is 3. The number of nitrogens with zero attached hydrogens (tertiary/aromatic N) is 1. The van der Waals surface area contributed by atoms with Crippen LogP contribution < -0.4 is 5.32 Å². The summed E-state index contributed by atoms with van der Waals surface area (Å²) >= 11 is 0. The van der Waals surface area contributed by atoms with Crippen LogP contribution in [0.3, 0.4) is 0 Å². The van der Waals surface area contributed by atoms with Crippen LogP contribution in [0.4, 0.5) is 0 Å². The Morgan fingerprint density at radius 1 is 1.38 bits per heavy atom. The average Bonchev–Trinajstić information content (AvgIpc) is 2.29. The SMILES string of the molecule is C[C@@H]1Cc2ccccc2[C@H]2CNCC(=O)N12. The number of carbonyl (C=O) groups is 1. The van der Waals surface area contributed by atoms with Gasteiger partial charge in [0.25, 0.3) is 0 Å². The minimum atomic E-state index is 0.234. The first kappa shape index (κ1) is 9.85. The molecule has 1 aromatic rings. The molecule has 1 aromatic carbocycles. The van der Waals surface area contributed by atoms with Crippen molar-refractivity contribution in [3.05, 3.63) is 35.4 Å². The monoisotopic (exact) mass is 216 g/mol. The number of hydrogen-bond acceptors (Lipinski definition) is 2. The minimum absolute atomic E-state index is 0.234. The van der Waals surface area contributed by atoms with Gasteiger partial charge in [0.05, 0.1) is 12.6 Å². The molecule has 0 saturated carbocycles. The zero-order chi connectivity index (χ0) is 11.1. The number of rotatable bonds is 0. The van der Waals surface area contributed by atoms with Gasteiger partial charge in [0.15, 0.2) is 0 Å². The van der Waals surface area contributed by atoms with E-state index in [1.807, 2.05) is 0 Å². The highest BCUT2D eigenvalue weighted by Gasteiger charge is 2.36. The number of carbonyl (C=O) groups excluding carboxylic acids is 1. The maximum Gasteiger partial charge on any atom is 0.237 e. The molecule has 0 radical (unpaired) electrons. The molecule has 2 aliphatic rings. The van der Waals surface area contributed by atoms with Crippen LogP contribution in [0.15, 0.2) is 24.3 Å². The van der Waals surface area contributed by atoms with E-state index in [2.05, 4.69) is 41.4 Å². The van der Waals surface area contributed by atoms with E-state index in [-0.39, 0.29) is 11.9 Å². The normalized spacial score (nSPS) is 28.6. The van der Waals surface area contributed by atoms with Crippen LogP contribution in [0.25, 0.3) is 0 Å². The third-order valence-electron chi connectivity index (χ3n) is 3.64. The summed E-state index contributed by atoms with van der Waals surface area (Å²) in [7, 11) is 0. The molecular weight excluding hydrogens is 200 g/mol. The molecule has 1 amide bonds. The lowest BCUT2D eigenvalue weighted by molar-refractivity contribution is -0.138. The second-order valence-corrected chi connectivity index (χ2v) is 4.70. The summed E-state index contributed by atoms with van der Waals surface area (Å²) in [5.74, 6) is 0.234. The second kappa shape index (κ2) is 3.59. The summed E-state index contributed by atoms with van der Waals surface area (Å²) in [5.41, 5.74) is 2.72. The predicted molar refractivity (Wildman–Crippen MR) is 62.1 cm³/mol. The van der Waals surface area contributed by atoms with Crippen molar-refractivity contribution >= 4 is 5.91 Å². The first-order chi connectivity index (χ1) is 7.77. The molecule has 0 bridgehead atoms. The Morgan fingerprint density at radius 2 is 2.19 bits per heavy atom. The van der Waals surface area contributed by atoms with Crippen LogP contribution in [0.1, 0.15) is 24.1 Å². The van der Waals surface area contributed by atoms with Gasteiger partial charge in [-0.25, -0.2) is 0 Å². The Kier molecular flexibility index (Phi) is 2.21. The number of amides is 1. The van der Waals surface area contributed by atoms with Crippen molar-refractivity contribution in [2.45, 2.75) is 25.4 Å². The fraction of sp³-hybridized carbons (Fsp3) is 0.462. The molecule has 1 N–H and O–H groups in total. The van der Waals surface area contributed by atoms with Gasteiger partial charge in [-0.05, 0) is 24.5 Å². The molecule has 2 aliphatic heterocycles. The van der Waals surface area contributed by atoms with Gasteiger partial charge in [0, 0.05) is 12.6 Å². The van der Waals surface area contributed by atoms with Gasteiger partial charge in [-0.3, -0.25) is 4.79 Å². The highest BCUT2D eigenvalue weighted by Crippen LogP contribution is 2.33. The fourth-order valence-corrected chi connectivity index (χ4v) is 2.95. The zero-order valence-electron chi connectivity index (χ0n) is 9.44. The molecular formula is C13H16N2O. The third kappa shape index (κ3) is 1.35. The summed E-state index contributed by atoms with van der Waals surface area (Å²) in [6.45, 7) is 3.52. The molecule has 3 nitrogen and oxygen atoms in total. The standard InChI is InChI=1S/C13H16N2O/c1-9-6-10-4-2-3-5-11(10)12-7-14-8-13(16)15(9)12/h2-5,9,12,14H,6-8H2,1H3/t9-,12-/m1/s1. The molecule has 0 spiro atoms. The Hall–Kier alpha value is -1.35. The van der Waals surface area contributed by atoms with Crippen molar-refractivity contribution in [1.82, 2.24) is 10.2 Å². The number of piperazine rings is 1. The largest absolute Gasteiger partial charge is 0.330 e. The summed E-state index contributed by atoms with van der Waals surface area (Å²) in [5, 5.41) is 3.20. The zero-order valence-corrected chi connectivity index (χ0v) is 9.44. The van der Waals surface area contributed by atoms with E-state index in [1.165, 1.54) is 11.1 Å². The molecule has 2 atom stereocenters. The first-order valence-corrected chi connectivity index (χ1v) is 5.87. The Morgan fingerprint density at radius 3 is 3.06 bits per heavy atom. The Labute approximate surface area is 95.4 Å². The molecule has 0 unspecified atom stereocenters. The van der Waals surface area contributed by atoms with Crippen LogP contribution in [0.5, 0.6) is 0 Å². The highest BCUT2D eigenvalue weighted by molar-refractivity contribution is 5.80. The summed E-state index contributed by atoms with van der Waals surface area (Å²) < 4.78 is 0. The van der Waals surface area contributed by atoms with E-state index in [9.17, 15) is 4.79 Å². The lowest BCUT2D eigenvalue weighted by Crippen LogP contribution is -2.56. The number of hydrogen-bond donors (Lipinski definition) is 1. The Bertz CT molecular complexity index is 430. The van der Waals surface area contributed by atoms with Gasteiger partial charge < -0.3 is 10.2 Å². The molecule has 1 fully saturated rings. The van der Waals surface area contributed by atoms with E-state index < -0.39 is 0 Å². The van der Waals surface area contributed by atoms with Gasteiger partial charge in [-0.15, -0.1) is 0 Å². The van der Waals surface area contributed by atoms with Crippen molar-refractivity contribution < 1.29 is 4.79 Å². The van der Waals surface area contributed by atoms with Crippen molar-refractivity contribution in [3.63, 3.8) is 0 Å². The number of nitrogens with one attached hydrogen (secondary N) is 1. The summed E-state index contributed by atoms with van der Waals surface area (Å²) in [6.07, 6.45) is 0.985. The molecule has 0 aromatic heterocycles. The minimum Gasteiger partial charge on any atom is -0.330 e. The lowest BCUT2D eigenvalue weighted by atomic mass is 9.87. The fourth-order valence-electron chi connectivity index (χ4n) is 2.95. The van der Waals surface area contributed by atoms with E-state index in [4.69, 9.17) is 0 Å². The van der Waals surface area contributed by atoms with Crippen LogP contribution in [-0.2, 0) is 11.2 Å². The summed E-state index contributed by atoms with van der Waals surface area (Å²) in [4.78, 5) is 14.0. The second-order valence-electron chi connectivity index (χ2n) is 4.70. The van der Waals surface area contributed by atoms with Gasteiger partial charge in [0.2, 0.25) is 5.91 Å². The molecule has 16 heavy (non-hydrogen) atoms. The maximum atomic E-state index is 11.9. The first-order valence-electron chi connectivity index (χ1n) is 5.87. The van der Waals surface area contributed by atoms with Gasteiger partial charge in [0.1, 0.15) is 0 Å². The molecule has 3 rings (SSSR count). The van der Waals surface area contributed by atoms with Crippen molar-refractivity contribution in [1.29, 1.82) is 0 Å². The maximum absolute atomic E-state index is 11.9. The van der Waals surface area contributed by atoms with Crippen molar-refractivity contribution in [2.75, 3.05) is 13.1 Å². The average molecular weight is 216 g/mol. The topological polar surface area (TPSA) is 32.3 Å². The number of benzene rings is 1. The van der Waals surface area contributed by atoms with Crippen LogP contribution >= 0.6 is 0 Å². The van der Waals surface area contributed by atoms with E-state index in [0.717, 1.165) is 13.0 Å². The van der Waals surface area contributed by atoms with Crippen molar-refractivity contribution in [2.24, 2.45) is 0 Å². The molecule has 1 saturated heterocycles. The van der Waals surface area contributed by atoms with Crippen LogP contribution in [-0.4, -0.2) is 29.9 Å². The van der Waals surface area contributed by atoms with Gasteiger partial charge >= 0.3 is 0 Å². The van der Waals surface area contributed by atoms with Crippen molar-refractivity contribution in [3.8, 4) is 0 Å². The van der Waals surface area contributed by atoms with E-state index >= 15 is 0 Å². The van der Waals surface area contributed by atoms with E-state index in [1.54, 1.807) is 0 Å². The molecule has 3 heteroatoms. The van der Waals surface area contributed by atoms with E-state index in [0.29, 0.717) is 12.6 Å². The quantitative estimate of drug-likeness (QED) is 0.704. The highest BCUT2D eigenvalue weighted by atomic mass is 16.2. The Balaban J connectivity index is 2.06. The van der Waals surface area contributed by atoms with Crippen LogP contribution in [0.2, 0.25) is 0 Å². The predicted octanol–water partition coefficient (Wildman–Crippen LogP) is 1.10. The third-order valence-corrected chi connectivity index (χ3v) is 3.64. The summed E-state index contributed by atoms with van der Waals surface area (Å²) in [6, 6.07) is 9.04.